The normalized spacial score (nSPS) is 23.5. The second kappa shape index (κ2) is 6.76. The molecule has 0 aromatic carbocycles. The van der Waals surface area contributed by atoms with Crippen molar-refractivity contribution in [2.24, 2.45) is 5.73 Å². The van der Waals surface area contributed by atoms with Gasteiger partial charge in [0, 0.05) is 20.3 Å². The Morgan fingerprint density at radius 2 is 2.40 bits per heavy atom. The van der Waals surface area contributed by atoms with Gasteiger partial charge in [-0.3, -0.25) is 0 Å². The van der Waals surface area contributed by atoms with Crippen molar-refractivity contribution in [1.82, 2.24) is 0 Å². The van der Waals surface area contributed by atoms with Crippen LogP contribution < -0.4 is 5.73 Å². The van der Waals surface area contributed by atoms with Gasteiger partial charge in [-0.15, -0.1) is 0 Å². The van der Waals surface area contributed by atoms with Crippen molar-refractivity contribution in [2.45, 2.75) is 31.5 Å². The first-order chi connectivity index (χ1) is 7.27. The van der Waals surface area contributed by atoms with E-state index in [0.717, 1.165) is 25.9 Å². The predicted molar refractivity (Wildman–Crippen MR) is 54.4 cm³/mol. The molecule has 5 nitrogen and oxygen atoms in total. The second-order valence-electron chi connectivity index (χ2n) is 3.58. The number of hydrogen-bond acceptors (Lipinski definition) is 5. The molecule has 2 unspecified atom stereocenters. The van der Waals surface area contributed by atoms with Crippen molar-refractivity contribution >= 4 is 5.97 Å². The van der Waals surface area contributed by atoms with Crippen LogP contribution in [0.1, 0.15) is 19.3 Å². The Labute approximate surface area is 89.9 Å². The van der Waals surface area contributed by atoms with Gasteiger partial charge < -0.3 is 19.9 Å². The van der Waals surface area contributed by atoms with Crippen LogP contribution in [-0.4, -0.2) is 45.0 Å². The van der Waals surface area contributed by atoms with E-state index in [2.05, 4.69) is 0 Å². The lowest BCUT2D eigenvalue weighted by atomic mass is 10.1. The predicted octanol–water partition coefficient (Wildman–Crippen LogP) is 0.0724. The number of nitrogens with two attached hydrogens (primary N) is 1. The number of carbonyl (C=O) groups is 1. The Morgan fingerprint density at radius 1 is 1.60 bits per heavy atom. The number of hydrogen-bond donors (Lipinski definition) is 1. The molecule has 1 fully saturated rings. The van der Waals surface area contributed by atoms with Crippen molar-refractivity contribution in [3.05, 3.63) is 0 Å². The molecule has 5 heteroatoms. The van der Waals surface area contributed by atoms with Gasteiger partial charge in [0.1, 0.15) is 6.61 Å². The lowest BCUT2D eigenvalue weighted by molar-refractivity contribution is -0.159. The number of rotatable bonds is 5. The van der Waals surface area contributed by atoms with Gasteiger partial charge in [-0.05, 0) is 19.3 Å². The molecule has 2 atom stereocenters. The summed E-state index contributed by atoms with van der Waals surface area (Å²) in [5.74, 6) is -0.408. The molecule has 1 saturated heterocycles. The summed E-state index contributed by atoms with van der Waals surface area (Å²) in [6.07, 6.45) is 2.56. The summed E-state index contributed by atoms with van der Waals surface area (Å²) < 4.78 is 15.3. The van der Waals surface area contributed by atoms with Gasteiger partial charge >= 0.3 is 5.97 Å². The highest BCUT2D eigenvalue weighted by molar-refractivity contribution is 5.74. The third-order valence-electron chi connectivity index (χ3n) is 2.45. The van der Waals surface area contributed by atoms with Crippen LogP contribution in [-0.2, 0) is 19.0 Å². The number of methoxy groups -OCH3 is 1. The summed E-state index contributed by atoms with van der Waals surface area (Å²) in [4.78, 5) is 11.4. The van der Waals surface area contributed by atoms with Gasteiger partial charge in [0.05, 0.1) is 6.10 Å². The molecule has 0 radical (unpaired) electrons. The van der Waals surface area contributed by atoms with E-state index < -0.39 is 12.1 Å². The van der Waals surface area contributed by atoms with Crippen LogP contribution in [0.15, 0.2) is 0 Å². The van der Waals surface area contributed by atoms with Gasteiger partial charge in [-0.25, -0.2) is 4.79 Å². The number of esters is 1. The fourth-order valence-electron chi connectivity index (χ4n) is 1.50. The maximum absolute atomic E-state index is 11.4. The molecule has 0 bridgehead atoms. The van der Waals surface area contributed by atoms with Gasteiger partial charge in [-0.2, -0.15) is 0 Å². The molecule has 15 heavy (non-hydrogen) atoms. The zero-order chi connectivity index (χ0) is 11.1. The fraction of sp³-hybridized carbons (Fsp3) is 0.900. The quantitative estimate of drug-likeness (QED) is 0.660. The van der Waals surface area contributed by atoms with E-state index in [1.54, 1.807) is 0 Å². The van der Waals surface area contributed by atoms with Crippen LogP contribution >= 0.6 is 0 Å². The lowest BCUT2D eigenvalue weighted by Gasteiger charge is -2.22. The number of carbonyl (C=O) groups excluding carboxylic acids is 1. The van der Waals surface area contributed by atoms with E-state index in [0.29, 0.717) is 6.61 Å². The zero-order valence-corrected chi connectivity index (χ0v) is 9.11. The standard InChI is InChI=1S/C10H19NO4/c1-13-9(6-11)10(12)15-7-8-4-2-3-5-14-8/h8-9H,2-7,11H2,1H3. The SMILES string of the molecule is COC(CN)C(=O)OCC1CCCCO1. The third-order valence-corrected chi connectivity index (χ3v) is 2.45. The molecule has 0 aromatic heterocycles. The average molecular weight is 217 g/mol. The van der Waals surface area contributed by atoms with Crippen molar-refractivity contribution in [1.29, 1.82) is 0 Å². The summed E-state index contributed by atoms with van der Waals surface area (Å²) in [6, 6.07) is 0. The zero-order valence-electron chi connectivity index (χ0n) is 9.11. The molecule has 0 aliphatic carbocycles. The third kappa shape index (κ3) is 4.15. The molecule has 0 saturated carbocycles. The minimum atomic E-state index is -0.659. The molecular weight excluding hydrogens is 198 g/mol. The molecule has 0 aromatic rings. The van der Waals surface area contributed by atoms with Crippen LogP contribution in [0.25, 0.3) is 0 Å². The Bertz CT molecular complexity index is 188. The molecule has 0 spiro atoms. The van der Waals surface area contributed by atoms with E-state index >= 15 is 0 Å². The molecule has 1 aliphatic heterocycles. The van der Waals surface area contributed by atoms with E-state index in [-0.39, 0.29) is 12.6 Å². The van der Waals surface area contributed by atoms with Crippen LogP contribution in [0.4, 0.5) is 0 Å². The maximum Gasteiger partial charge on any atom is 0.336 e. The molecule has 1 rings (SSSR count). The maximum atomic E-state index is 11.4. The summed E-state index contributed by atoms with van der Waals surface area (Å²) >= 11 is 0. The van der Waals surface area contributed by atoms with Crippen LogP contribution in [0.3, 0.4) is 0 Å². The minimum Gasteiger partial charge on any atom is -0.461 e. The summed E-state index contributed by atoms with van der Waals surface area (Å²) in [6.45, 7) is 1.20. The van der Waals surface area contributed by atoms with E-state index in [1.807, 2.05) is 0 Å². The van der Waals surface area contributed by atoms with Crippen LogP contribution in [0, 0.1) is 0 Å². The molecule has 1 aliphatic rings. The largest absolute Gasteiger partial charge is 0.461 e. The first-order valence-electron chi connectivity index (χ1n) is 5.29. The Hall–Kier alpha value is -0.650. The highest BCUT2D eigenvalue weighted by Crippen LogP contribution is 2.12. The van der Waals surface area contributed by atoms with E-state index in [1.165, 1.54) is 7.11 Å². The van der Waals surface area contributed by atoms with Crippen LogP contribution in [0.2, 0.25) is 0 Å². The smallest absolute Gasteiger partial charge is 0.336 e. The van der Waals surface area contributed by atoms with Gasteiger partial charge in [0.25, 0.3) is 0 Å². The molecule has 0 amide bonds. The van der Waals surface area contributed by atoms with Gasteiger partial charge in [-0.1, -0.05) is 0 Å². The van der Waals surface area contributed by atoms with Crippen LogP contribution in [0.5, 0.6) is 0 Å². The molecular formula is C10H19NO4. The Kier molecular flexibility index (Phi) is 5.60. The minimum absolute atomic E-state index is 0.0398. The first kappa shape index (κ1) is 12.4. The first-order valence-corrected chi connectivity index (χ1v) is 5.29. The summed E-state index contributed by atoms with van der Waals surface area (Å²) in [7, 11) is 1.44. The van der Waals surface area contributed by atoms with Crippen molar-refractivity contribution in [2.75, 3.05) is 26.9 Å². The summed E-state index contributed by atoms with van der Waals surface area (Å²) in [5, 5.41) is 0. The van der Waals surface area contributed by atoms with Crippen molar-refractivity contribution < 1.29 is 19.0 Å². The van der Waals surface area contributed by atoms with E-state index in [4.69, 9.17) is 19.9 Å². The second-order valence-corrected chi connectivity index (χ2v) is 3.58. The lowest BCUT2D eigenvalue weighted by Crippen LogP contribution is -2.35. The van der Waals surface area contributed by atoms with E-state index in [9.17, 15) is 4.79 Å². The van der Waals surface area contributed by atoms with Crippen molar-refractivity contribution in [3.63, 3.8) is 0 Å². The highest BCUT2D eigenvalue weighted by atomic mass is 16.6. The monoisotopic (exact) mass is 217 g/mol. The molecule has 88 valence electrons. The van der Waals surface area contributed by atoms with Crippen molar-refractivity contribution in [3.8, 4) is 0 Å². The highest BCUT2D eigenvalue weighted by Gasteiger charge is 2.20. The van der Waals surface area contributed by atoms with Gasteiger partial charge in [0.15, 0.2) is 6.10 Å². The fourth-order valence-corrected chi connectivity index (χ4v) is 1.50. The molecule has 1 heterocycles. The average Bonchev–Trinajstić information content (AvgIpc) is 2.29. The molecule has 2 N–H and O–H groups in total. The topological polar surface area (TPSA) is 70.8 Å². The Morgan fingerprint density at radius 3 is 2.93 bits per heavy atom. The summed E-state index contributed by atoms with van der Waals surface area (Å²) in [5.41, 5.74) is 5.34. The Balaban J connectivity index is 2.20. The van der Waals surface area contributed by atoms with Gasteiger partial charge in [0.2, 0.25) is 0 Å². The number of ether oxygens (including phenoxy) is 3.